The van der Waals surface area contributed by atoms with E-state index in [0.29, 0.717) is 12.0 Å². The maximum atomic E-state index is 4.40. The number of aromatic nitrogens is 2. The van der Waals surface area contributed by atoms with Gasteiger partial charge in [0.05, 0.1) is 18.4 Å². The predicted molar refractivity (Wildman–Crippen MR) is 80.3 cm³/mol. The van der Waals surface area contributed by atoms with Gasteiger partial charge in [-0.15, -0.1) is 0 Å². The van der Waals surface area contributed by atoms with Gasteiger partial charge in [-0.2, -0.15) is 5.10 Å². The first-order valence-corrected chi connectivity index (χ1v) is 6.96. The highest BCUT2D eigenvalue weighted by molar-refractivity contribution is 5.39. The molecule has 1 N–H and O–H groups in total. The number of anilines is 1. The number of nitrogens with one attached hydrogen (secondary N) is 1. The van der Waals surface area contributed by atoms with Crippen molar-refractivity contribution in [2.24, 2.45) is 5.92 Å². The average molecular weight is 257 g/mol. The fourth-order valence-corrected chi connectivity index (χ4v) is 2.35. The zero-order chi connectivity index (χ0) is 13.7. The second-order valence-electron chi connectivity index (χ2n) is 5.59. The highest BCUT2D eigenvalue weighted by Gasteiger charge is 2.06. The van der Waals surface area contributed by atoms with Gasteiger partial charge in [0.2, 0.25) is 0 Å². The van der Waals surface area contributed by atoms with Crippen LogP contribution in [0.15, 0.2) is 42.7 Å². The number of nitrogens with zero attached hydrogens (tertiary/aromatic N) is 2. The Morgan fingerprint density at radius 3 is 2.58 bits per heavy atom. The second-order valence-corrected chi connectivity index (χ2v) is 5.59. The second kappa shape index (κ2) is 6.41. The van der Waals surface area contributed by atoms with Gasteiger partial charge in [0.25, 0.3) is 0 Å². The Bertz CT molecular complexity index is 488. The van der Waals surface area contributed by atoms with Crippen LogP contribution in [0, 0.1) is 5.92 Å². The van der Waals surface area contributed by atoms with Crippen molar-refractivity contribution >= 4 is 5.69 Å². The van der Waals surface area contributed by atoms with Gasteiger partial charge in [-0.3, -0.25) is 4.68 Å². The molecule has 0 fully saturated rings. The van der Waals surface area contributed by atoms with E-state index < -0.39 is 0 Å². The standard InChI is InChI=1S/C16H23N3/c1-13(2)9-14(3)18-16-10-17-19(12-16)11-15-7-5-4-6-8-15/h4-8,10,12-14,18H,9,11H2,1-3H3. The summed E-state index contributed by atoms with van der Waals surface area (Å²) in [4.78, 5) is 0. The van der Waals surface area contributed by atoms with Gasteiger partial charge in [-0.1, -0.05) is 44.2 Å². The van der Waals surface area contributed by atoms with E-state index in [-0.39, 0.29) is 0 Å². The molecule has 19 heavy (non-hydrogen) atoms. The molecule has 0 saturated heterocycles. The van der Waals surface area contributed by atoms with Gasteiger partial charge in [-0.05, 0) is 24.8 Å². The molecule has 1 aromatic carbocycles. The molecule has 0 aliphatic rings. The maximum absolute atomic E-state index is 4.40. The molecule has 3 heteroatoms. The van der Waals surface area contributed by atoms with Crippen LogP contribution >= 0.6 is 0 Å². The van der Waals surface area contributed by atoms with Crippen molar-refractivity contribution in [3.8, 4) is 0 Å². The molecule has 1 aromatic heterocycles. The molecule has 0 radical (unpaired) electrons. The van der Waals surface area contributed by atoms with E-state index in [1.807, 2.05) is 16.9 Å². The van der Waals surface area contributed by atoms with Crippen LogP contribution in [0.4, 0.5) is 5.69 Å². The van der Waals surface area contributed by atoms with E-state index in [1.165, 1.54) is 12.0 Å². The zero-order valence-corrected chi connectivity index (χ0v) is 12.0. The smallest absolute Gasteiger partial charge is 0.0728 e. The van der Waals surface area contributed by atoms with Crippen molar-refractivity contribution in [3.05, 3.63) is 48.3 Å². The van der Waals surface area contributed by atoms with Crippen LogP contribution in [0.25, 0.3) is 0 Å². The summed E-state index contributed by atoms with van der Waals surface area (Å²) in [5.41, 5.74) is 2.37. The molecule has 2 aromatic rings. The highest BCUT2D eigenvalue weighted by atomic mass is 15.3. The Balaban J connectivity index is 1.92. The first kappa shape index (κ1) is 13.7. The summed E-state index contributed by atoms with van der Waals surface area (Å²) in [6.45, 7) is 7.53. The Kier molecular flexibility index (Phi) is 4.61. The molecule has 0 amide bonds. The van der Waals surface area contributed by atoms with E-state index in [2.05, 4.69) is 61.6 Å². The maximum Gasteiger partial charge on any atom is 0.0728 e. The van der Waals surface area contributed by atoms with Gasteiger partial charge in [0, 0.05) is 12.2 Å². The Morgan fingerprint density at radius 2 is 1.89 bits per heavy atom. The van der Waals surface area contributed by atoms with Crippen LogP contribution in [0.3, 0.4) is 0 Å². The van der Waals surface area contributed by atoms with Crippen molar-refractivity contribution in [1.82, 2.24) is 9.78 Å². The van der Waals surface area contributed by atoms with Gasteiger partial charge >= 0.3 is 0 Å². The quantitative estimate of drug-likeness (QED) is 0.853. The molecule has 0 saturated carbocycles. The fraction of sp³-hybridized carbons (Fsp3) is 0.438. The van der Waals surface area contributed by atoms with Crippen molar-refractivity contribution < 1.29 is 0 Å². The van der Waals surface area contributed by atoms with Crippen LogP contribution < -0.4 is 5.32 Å². The van der Waals surface area contributed by atoms with E-state index in [9.17, 15) is 0 Å². The minimum atomic E-state index is 0.481. The normalized spacial score (nSPS) is 12.6. The predicted octanol–water partition coefficient (Wildman–Crippen LogP) is 3.78. The van der Waals surface area contributed by atoms with E-state index in [4.69, 9.17) is 0 Å². The topological polar surface area (TPSA) is 29.9 Å². The minimum Gasteiger partial charge on any atom is -0.380 e. The lowest BCUT2D eigenvalue weighted by Gasteiger charge is -2.15. The van der Waals surface area contributed by atoms with Gasteiger partial charge in [0.1, 0.15) is 0 Å². The van der Waals surface area contributed by atoms with Gasteiger partial charge in [-0.25, -0.2) is 0 Å². The monoisotopic (exact) mass is 257 g/mol. The highest BCUT2D eigenvalue weighted by Crippen LogP contribution is 2.13. The summed E-state index contributed by atoms with van der Waals surface area (Å²) in [5.74, 6) is 0.710. The summed E-state index contributed by atoms with van der Waals surface area (Å²) >= 11 is 0. The van der Waals surface area contributed by atoms with Gasteiger partial charge < -0.3 is 5.32 Å². The molecule has 1 unspecified atom stereocenters. The first-order valence-electron chi connectivity index (χ1n) is 6.96. The third kappa shape index (κ3) is 4.43. The lowest BCUT2D eigenvalue weighted by Crippen LogP contribution is -2.16. The summed E-state index contributed by atoms with van der Waals surface area (Å²) in [6.07, 6.45) is 5.15. The summed E-state index contributed by atoms with van der Waals surface area (Å²) in [5, 5.41) is 7.89. The molecular weight excluding hydrogens is 234 g/mol. The number of hydrogen-bond acceptors (Lipinski definition) is 2. The van der Waals surface area contributed by atoms with Crippen LogP contribution in [-0.4, -0.2) is 15.8 Å². The number of rotatable bonds is 6. The molecule has 1 atom stereocenters. The largest absolute Gasteiger partial charge is 0.380 e. The Morgan fingerprint density at radius 1 is 1.16 bits per heavy atom. The molecule has 102 valence electrons. The fourth-order valence-electron chi connectivity index (χ4n) is 2.35. The molecule has 0 aliphatic heterocycles. The lowest BCUT2D eigenvalue weighted by molar-refractivity contribution is 0.540. The molecule has 3 nitrogen and oxygen atoms in total. The molecule has 0 spiro atoms. The molecule has 2 rings (SSSR count). The van der Waals surface area contributed by atoms with Crippen molar-refractivity contribution in [2.45, 2.75) is 39.8 Å². The molecule has 0 bridgehead atoms. The summed E-state index contributed by atoms with van der Waals surface area (Å²) < 4.78 is 1.97. The summed E-state index contributed by atoms with van der Waals surface area (Å²) in [7, 11) is 0. The summed E-state index contributed by atoms with van der Waals surface area (Å²) in [6, 6.07) is 10.9. The van der Waals surface area contributed by atoms with Crippen molar-refractivity contribution in [1.29, 1.82) is 0 Å². The van der Waals surface area contributed by atoms with Gasteiger partial charge in [0.15, 0.2) is 0 Å². The number of hydrogen-bond donors (Lipinski definition) is 1. The Hall–Kier alpha value is -1.77. The first-order chi connectivity index (χ1) is 9.13. The SMILES string of the molecule is CC(C)CC(C)Nc1cnn(Cc2ccccc2)c1. The zero-order valence-electron chi connectivity index (χ0n) is 12.0. The van der Waals surface area contributed by atoms with E-state index in [0.717, 1.165) is 12.2 Å². The van der Waals surface area contributed by atoms with Crippen molar-refractivity contribution in [2.75, 3.05) is 5.32 Å². The number of benzene rings is 1. The molecule has 1 heterocycles. The average Bonchev–Trinajstić information content (AvgIpc) is 2.76. The van der Waals surface area contributed by atoms with Crippen LogP contribution in [0.2, 0.25) is 0 Å². The Labute approximate surface area is 115 Å². The van der Waals surface area contributed by atoms with Crippen LogP contribution in [-0.2, 0) is 6.54 Å². The van der Waals surface area contributed by atoms with Crippen LogP contribution in [0.1, 0.15) is 32.8 Å². The van der Waals surface area contributed by atoms with Crippen molar-refractivity contribution in [3.63, 3.8) is 0 Å². The van der Waals surface area contributed by atoms with E-state index >= 15 is 0 Å². The third-order valence-electron chi connectivity index (χ3n) is 3.06. The minimum absolute atomic E-state index is 0.481. The molecular formula is C16H23N3. The van der Waals surface area contributed by atoms with E-state index in [1.54, 1.807) is 0 Å². The van der Waals surface area contributed by atoms with Crippen LogP contribution in [0.5, 0.6) is 0 Å². The molecule has 0 aliphatic carbocycles. The lowest BCUT2D eigenvalue weighted by atomic mass is 10.1. The third-order valence-corrected chi connectivity index (χ3v) is 3.06.